The van der Waals surface area contributed by atoms with Gasteiger partial charge in [-0.15, -0.1) is 0 Å². The summed E-state index contributed by atoms with van der Waals surface area (Å²) in [6, 6.07) is 9.81. The highest BCUT2D eigenvalue weighted by molar-refractivity contribution is 7.80. The van der Waals surface area contributed by atoms with Crippen molar-refractivity contribution in [3.05, 3.63) is 35.9 Å². The number of nitrogens with two attached hydrogens (primary N) is 1. The van der Waals surface area contributed by atoms with Gasteiger partial charge in [-0.05, 0) is 17.8 Å². The fraction of sp³-hybridized carbons (Fsp3) is 0.111. The van der Waals surface area contributed by atoms with Gasteiger partial charge in [0.2, 0.25) is 0 Å². The first kappa shape index (κ1) is 8.96. The molecule has 0 unspecified atom stereocenters. The molecule has 0 aliphatic carbocycles. The molecule has 1 aliphatic heterocycles. The Hall–Kier alpha value is -1.62. The maximum absolute atomic E-state index is 5.56. The van der Waals surface area contributed by atoms with E-state index in [4.69, 9.17) is 18.0 Å². The second kappa shape index (κ2) is 3.63. The molecule has 0 saturated carbocycles. The van der Waals surface area contributed by atoms with Crippen LogP contribution in [0.4, 0.5) is 0 Å². The molecule has 0 saturated heterocycles. The number of nitrogens with one attached hydrogen (secondary N) is 2. The highest BCUT2D eigenvalue weighted by Gasteiger charge is 2.16. The van der Waals surface area contributed by atoms with Crippen molar-refractivity contribution in [3.8, 4) is 0 Å². The van der Waals surface area contributed by atoms with Crippen molar-refractivity contribution in [1.29, 1.82) is 0 Å². The lowest BCUT2D eigenvalue weighted by molar-refractivity contribution is 0.660. The zero-order chi connectivity index (χ0) is 9.97. The van der Waals surface area contributed by atoms with Gasteiger partial charge < -0.3 is 16.4 Å². The predicted molar refractivity (Wildman–Crippen MR) is 59.7 cm³/mol. The van der Waals surface area contributed by atoms with Crippen molar-refractivity contribution in [2.45, 2.75) is 6.17 Å². The summed E-state index contributed by atoms with van der Waals surface area (Å²) in [6.07, 6.45) is -0.176. The Morgan fingerprint density at radius 1 is 1.29 bits per heavy atom. The first-order valence-electron chi connectivity index (χ1n) is 4.21. The summed E-state index contributed by atoms with van der Waals surface area (Å²) in [4.78, 5) is 4.19. The standard InChI is InChI=1S/C9H10N4S/c10-8-11-7(12-9(14)13-8)6-4-2-1-3-5-6/h1-5,7H,(H4,10,11,12,13,14)/t7-/m0/s1. The van der Waals surface area contributed by atoms with E-state index in [0.717, 1.165) is 5.56 Å². The van der Waals surface area contributed by atoms with Crippen LogP contribution in [0, 0.1) is 0 Å². The third-order valence-electron chi connectivity index (χ3n) is 1.89. The summed E-state index contributed by atoms with van der Waals surface area (Å²) in [7, 11) is 0. The Bertz CT molecular complexity index is 374. The third kappa shape index (κ3) is 1.82. The molecular formula is C9H10N4S. The predicted octanol–water partition coefficient (Wildman–Crippen LogP) is 0.478. The minimum atomic E-state index is -0.176. The van der Waals surface area contributed by atoms with Crippen LogP contribution >= 0.6 is 12.2 Å². The highest BCUT2D eigenvalue weighted by atomic mass is 32.1. The summed E-state index contributed by atoms with van der Waals surface area (Å²) in [5, 5.41) is 6.25. The number of hydrogen-bond acceptors (Lipinski definition) is 3. The number of thiocarbonyl (C=S) groups is 1. The zero-order valence-corrected chi connectivity index (χ0v) is 8.21. The van der Waals surface area contributed by atoms with Gasteiger partial charge in [0, 0.05) is 0 Å². The third-order valence-corrected chi connectivity index (χ3v) is 2.11. The highest BCUT2D eigenvalue weighted by Crippen LogP contribution is 2.14. The Morgan fingerprint density at radius 3 is 2.64 bits per heavy atom. The van der Waals surface area contributed by atoms with Crippen molar-refractivity contribution >= 4 is 23.3 Å². The molecular weight excluding hydrogens is 196 g/mol. The van der Waals surface area contributed by atoms with Crippen LogP contribution in [0.25, 0.3) is 0 Å². The molecule has 1 atom stereocenters. The van der Waals surface area contributed by atoms with E-state index < -0.39 is 0 Å². The Labute approximate surface area is 87.2 Å². The largest absolute Gasteiger partial charge is 0.370 e. The number of rotatable bonds is 1. The van der Waals surface area contributed by atoms with Crippen LogP contribution in [0.3, 0.4) is 0 Å². The number of hydrogen-bond donors (Lipinski definition) is 3. The maximum Gasteiger partial charge on any atom is 0.197 e. The van der Waals surface area contributed by atoms with Crippen molar-refractivity contribution in [2.24, 2.45) is 10.7 Å². The van der Waals surface area contributed by atoms with Gasteiger partial charge >= 0.3 is 0 Å². The monoisotopic (exact) mass is 206 g/mol. The SMILES string of the molecule is NC1=N[C@H](c2ccccc2)NC(=S)N1. The van der Waals surface area contributed by atoms with Gasteiger partial charge in [-0.2, -0.15) is 0 Å². The van der Waals surface area contributed by atoms with Crippen LogP contribution in [0.15, 0.2) is 35.3 Å². The first-order chi connectivity index (χ1) is 6.75. The molecule has 1 aromatic rings. The number of benzene rings is 1. The van der Waals surface area contributed by atoms with Crippen LogP contribution in [-0.4, -0.2) is 11.1 Å². The average Bonchev–Trinajstić information content (AvgIpc) is 2.18. The number of aliphatic imine (C=N–C) groups is 1. The van der Waals surface area contributed by atoms with E-state index in [1.165, 1.54) is 0 Å². The summed E-state index contributed by atoms with van der Waals surface area (Å²) >= 11 is 4.98. The summed E-state index contributed by atoms with van der Waals surface area (Å²) in [5.41, 5.74) is 6.61. The minimum absolute atomic E-state index is 0.176. The topological polar surface area (TPSA) is 62.4 Å². The van der Waals surface area contributed by atoms with Gasteiger partial charge in [0.15, 0.2) is 11.1 Å². The molecule has 0 radical (unpaired) electrons. The second-order valence-electron chi connectivity index (χ2n) is 2.93. The number of nitrogens with zero attached hydrogens (tertiary/aromatic N) is 1. The molecule has 72 valence electrons. The molecule has 1 aromatic carbocycles. The van der Waals surface area contributed by atoms with E-state index in [0.29, 0.717) is 11.1 Å². The molecule has 4 nitrogen and oxygen atoms in total. The summed E-state index contributed by atoms with van der Waals surface area (Å²) in [6.45, 7) is 0. The molecule has 0 bridgehead atoms. The quantitative estimate of drug-likeness (QED) is 0.585. The van der Waals surface area contributed by atoms with E-state index in [9.17, 15) is 0 Å². The molecule has 1 aliphatic rings. The average molecular weight is 206 g/mol. The van der Waals surface area contributed by atoms with E-state index in [1.54, 1.807) is 0 Å². The van der Waals surface area contributed by atoms with Crippen LogP contribution in [0.5, 0.6) is 0 Å². The molecule has 0 amide bonds. The smallest absolute Gasteiger partial charge is 0.197 e. The minimum Gasteiger partial charge on any atom is -0.370 e. The van der Waals surface area contributed by atoms with Crippen molar-refractivity contribution in [2.75, 3.05) is 0 Å². The molecule has 4 N–H and O–H groups in total. The van der Waals surface area contributed by atoms with Crippen LogP contribution in [-0.2, 0) is 0 Å². The lowest BCUT2D eigenvalue weighted by Crippen LogP contribution is -2.49. The van der Waals surface area contributed by atoms with Crippen LogP contribution in [0.2, 0.25) is 0 Å². The molecule has 5 heteroatoms. The van der Waals surface area contributed by atoms with Crippen LogP contribution < -0.4 is 16.4 Å². The maximum atomic E-state index is 5.56. The normalized spacial score (nSPS) is 20.7. The van der Waals surface area contributed by atoms with Gasteiger partial charge in [0.05, 0.1) is 0 Å². The summed E-state index contributed by atoms with van der Waals surface area (Å²) < 4.78 is 0. The zero-order valence-electron chi connectivity index (χ0n) is 7.40. The molecule has 1 heterocycles. The van der Waals surface area contributed by atoms with Crippen molar-refractivity contribution < 1.29 is 0 Å². The molecule has 2 rings (SSSR count). The van der Waals surface area contributed by atoms with E-state index >= 15 is 0 Å². The summed E-state index contributed by atoms with van der Waals surface area (Å²) in [5.74, 6) is 0.350. The van der Waals surface area contributed by atoms with E-state index in [2.05, 4.69) is 15.6 Å². The molecule has 0 fully saturated rings. The fourth-order valence-electron chi connectivity index (χ4n) is 1.27. The van der Waals surface area contributed by atoms with E-state index in [-0.39, 0.29) is 6.17 Å². The lowest BCUT2D eigenvalue weighted by atomic mass is 10.2. The van der Waals surface area contributed by atoms with Gasteiger partial charge in [0.25, 0.3) is 0 Å². The fourth-order valence-corrected chi connectivity index (χ4v) is 1.49. The Kier molecular flexibility index (Phi) is 2.32. The second-order valence-corrected chi connectivity index (χ2v) is 3.33. The lowest BCUT2D eigenvalue weighted by Gasteiger charge is -2.22. The van der Waals surface area contributed by atoms with Crippen LogP contribution in [0.1, 0.15) is 11.7 Å². The first-order valence-corrected chi connectivity index (χ1v) is 4.62. The van der Waals surface area contributed by atoms with Crippen molar-refractivity contribution in [3.63, 3.8) is 0 Å². The van der Waals surface area contributed by atoms with Gasteiger partial charge in [-0.25, -0.2) is 4.99 Å². The molecule has 0 spiro atoms. The Balaban J connectivity index is 2.28. The van der Waals surface area contributed by atoms with Crippen molar-refractivity contribution in [1.82, 2.24) is 10.6 Å². The molecule has 0 aromatic heterocycles. The van der Waals surface area contributed by atoms with E-state index in [1.807, 2.05) is 30.3 Å². The Morgan fingerprint density at radius 2 is 2.00 bits per heavy atom. The molecule has 14 heavy (non-hydrogen) atoms. The number of guanidine groups is 1. The van der Waals surface area contributed by atoms with Gasteiger partial charge in [-0.3, -0.25) is 0 Å². The van der Waals surface area contributed by atoms with Gasteiger partial charge in [-0.1, -0.05) is 30.3 Å². The van der Waals surface area contributed by atoms with Gasteiger partial charge in [0.1, 0.15) is 6.17 Å².